The number of anilines is 1. The van der Waals surface area contributed by atoms with E-state index in [0.717, 1.165) is 5.56 Å². The molecule has 1 heterocycles. The number of nitrogens with zero attached hydrogens (tertiary/aromatic N) is 2. The van der Waals surface area contributed by atoms with Gasteiger partial charge in [0.05, 0.1) is 24.3 Å². The molecule has 206 valence electrons. The van der Waals surface area contributed by atoms with Gasteiger partial charge in [-0.25, -0.2) is 9.80 Å². The molecule has 0 radical (unpaired) electrons. The summed E-state index contributed by atoms with van der Waals surface area (Å²) in [4.78, 5) is 51.5. The predicted octanol–water partition coefficient (Wildman–Crippen LogP) is 4.84. The number of nitrogens with one attached hydrogen (secondary N) is 1. The lowest BCUT2D eigenvalue weighted by Crippen LogP contribution is -2.49. The Morgan fingerprint density at radius 2 is 1.56 bits per heavy atom. The maximum absolute atomic E-state index is 13.5. The number of hydrogen-bond donors (Lipinski definition) is 1. The van der Waals surface area contributed by atoms with Gasteiger partial charge < -0.3 is 14.0 Å². The van der Waals surface area contributed by atoms with Crippen LogP contribution in [0.15, 0.2) is 79.1 Å². The van der Waals surface area contributed by atoms with Gasteiger partial charge in [-0.3, -0.25) is 19.8 Å². The van der Waals surface area contributed by atoms with E-state index in [1.54, 1.807) is 48.1 Å². The second kappa shape index (κ2) is 14.5. The van der Waals surface area contributed by atoms with E-state index in [9.17, 15) is 19.2 Å². The smallest absolute Gasteiger partial charge is 0.338 e. The highest BCUT2D eigenvalue weighted by Crippen LogP contribution is 2.20. The molecule has 0 saturated carbocycles. The number of carbonyl (C=O) groups is 4. The molecule has 2 amide bonds. The fourth-order valence-corrected chi connectivity index (χ4v) is 3.78. The Morgan fingerprint density at radius 3 is 2.18 bits per heavy atom. The van der Waals surface area contributed by atoms with Gasteiger partial charge in [0.15, 0.2) is 0 Å². The van der Waals surface area contributed by atoms with Gasteiger partial charge in [0.1, 0.15) is 12.6 Å². The van der Waals surface area contributed by atoms with Crippen LogP contribution >= 0.6 is 0 Å². The Kier molecular flexibility index (Phi) is 10.9. The molecule has 0 saturated heterocycles. The molecular formula is C30H35N3O6. The minimum Gasteiger partial charge on any atom is -0.462 e. The first kappa shape index (κ1) is 29.2. The molecule has 39 heavy (non-hydrogen) atoms. The van der Waals surface area contributed by atoms with Crippen LogP contribution in [-0.4, -0.2) is 34.9 Å². The maximum Gasteiger partial charge on any atom is 0.338 e. The molecule has 1 aromatic heterocycles. The summed E-state index contributed by atoms with van der Waals surface area (Å²) in [5.41, 5.74) is 4.24. The Bertz CT molecular complexity index is 1220. The molecule has 0 aliphatic rings. The minimum atomic E-state index is -0.956. The first-order chi connectivity index (χ1) is 18.8. The lowest BCUT2D eigenvalue weighted by Gasteiger charge is -2.27. The summed E-state index contributed by atoms with van der Waals surface area (Å²) in [6, 6.07) is 18.0. The van der Waals surface area contributed by atoms with E-state index in [0.29, 0.717) is 17.7 Å². The number of ether oxygens (including phenoxy) is 2. The monoisotopic (exact) mass is 533 g/mol. The second-order valence-corrected chi connectivity index (χ2v) is 9.40. The third kappa shape index (κ3) is 8.84. The van der Waals surface area contributed by atoms with Crippen LogP contribution in [0.4, 0.5) is 5.69 Å². The highest BCUT2D eigenvalue weighted by Gasteiger charge is 2.28. The first-order valence-corrected chi connectivity index (χ1v) is 13.0. The molecular weight excluding hydrogens is 498 g/mol. The summed E-state index contributed by atoms with van der Waals surface area (Å²) >= 11 is 0. The fourth-order valence-electron chi connectivity index (χ4n) is 3.78. The van der Waals surface area contributed by atoms with E-state index >= 15 is 0 Å². The van der Waals surface area contributed by atoms with E-state index in [1.165, 1.54) is 17.1 Å². The number of benzene rings is 2. The molecule has 0 bridgehead atoms. The summed E-state index contributed by atoms with van der Waals surface area (Å²) in [5, 5.41) is 1.17. The molecule has 9 nitrogen and oxygen atoms in total. The SMILES string of the molecule is CCOC(=O)c1ccc(N(NC(=O)[C@H](CC(=O)OCc2ccccc2)n2cccc2)C(=O)CCC(C)C)cc1. The Labute approximate surface area is 228 Å². The predicted molar refractivity (Wildman–Crippen MR) is 146 cm³/mol. The molecule has 9 heteroatoms. The Morgan fingerprint density at radius 1 is 0.897 bits per heavy atom. The van der Waals surface area contributed by atoms with Gasteiger partial charge in [0.25, 0.3) is 5.91 Å². The van der Waals surface area contributed by atoms with E-state index in [1.807, 2.05) is 44.2 Å². The lowest BCUT2D eigenvalue weighted by atomic mass is 10.1. The van der Waals surface area contributed by atoms with Crippen molar-refractivity contribution >= 4 is 29.4 Å². The number of hydrogen-bond acceptors (Lipinski definition) is 6. The van der Waals surface area contributed by atoms with Crippen molar-refractivity contribution in [1.29, 1.82) is 0 Å². The normalized spacial score (nSPS) is 11.5. The van der Waals surface area contributed by atoms with Gasteiger partial charge >= 0.3 is 11.9 Å². The van der Waals surface area contributed by atoms with Crippen molar-refractivity contribution in [3.8, 4) is 0 Å². The molecule has 3 rings (SSSR count). The van der Waals surface area contributed by atoms with Crippen LogP contribution in [0.3, 0.4) is 0 Å². The largest absolute Gasteiger partial charge is 0.462 e. The van der Waals surface area contributed by atoms with Crippen molar-refractivity contribution in [2.45, 2.75) is 52.7 Å². The molecule has 0 aliphatic heterocycles. The van der Waals surface area contributed by atoms with E-state index < -0.39 is 23.9 Å². The molecule has 0 spiro atoms. The molecule has 0 unspecified atom stereocenters. The van der Waals surface area contributed by atoms with Crippen LogP contribution in [0.5, 0.6) is 0 Å². The van der Waals surface area contributed by atoms with Gasteiger partial charge in [-0.1, -0.05) is 44.2 Å². The average molecular weight is 534 g/mol. The zero-order chi connectivity index (χ0) is 28.2. The van der Waals surface area contributed by atoms with Crippen LogP contribution in [0, 0.1) is 5.92 Å². The number of esters is 2. The standard InChI is InChI=1S/C30H35N3O6/c1-4-38-30(37)24-13-15-25(16-14-24)33(27(34)17-12-22(2)3)31-29(36)26(32-18-8-9-19-32)20-28(35)39-21-23-10-6-5-7-11-23/h5-11,13-16,18-19,22,26H,4,12,17,20-21H2,1-3H3,(H,31,36)/t26-/m0/s1. The molecule has 1 atom stereocenters. The summed E-state index contributed by atoms with van der Waals surface area (Å²) < 4.78 is 12.0. The van der Waals surface area contributed by atoms with Gasteiger partial charge in [-0.15, -0.1) is 0 Å². The van der Waals surface area contributed by atoms with Crippen LogP contribution in [0.1, 0.15) is 62.0 Å². The molecule has 0 fully saturated rings. The van der Waals surface area contributed by atoms with Crippen LogP contribution in [0.2, 0.25) is 0 Å². The fraction of sp³-hybridized carbons (Fsp3) is 0.333. The maximum atomic E-state index is 13.5. The highest BCUT2D eigenvalue weighted by atomic mass is 16.5. The minimum absolute atomic E-state index is 0.0896. The first-order valence-electron chi connectivity index (χ1n) is 13.0. The Hall–Kier alpha value is -4.40. The van der Waals surface area contributed by atoms with Crippen molar-refractivity contribution in [3.63, 3.8) is 0 Å². The Balaban J connectivity index is 1.79. The van der Waals surface area contributed by atoms with E-state index in [-0.39, 0.29) is 37.9 Å². The molecule has 1 N–H and O–H groups in total. The number of rotatable bonds is 12. The van der Waals surface area contributed by atoms with Crippen molar-refractivity contribution in [3.05, 3.63) is 90.3 Å². The zero-order valence-corrected chi connectivity index (χ0v) is 22.5. The second-order valence-electron chi connectivity index (χ2n) is 9.40. The van der Waals surface area contributed by atoms with Crippen LogP contribution in [0.25, 0.3) is 0 Å². The molecule has 0 aliphatic carbocycles. The van der Waals surface area contributed by atoms with E-state index in [2.05, 4.69) is 5.43 Å². The average Bonchev–Trinajstić information content (AvgIpc) is 3.47. The van der Waals surface area contributed by atoms with E-state index in [4.69, 9.17) is 9.47 Å². The summed E-state index contributed by atoms with van der Waals surface area (Å²) in [7, 11) is 0. The third-order valence-electron chi connectivity index (χ3n) is 5.94. The van der Waals surface area contributed by atoms with Crippen molar-refractivity contribution in [2.24, 2.45) is 5.92 Å². The number of carbonyl (C=O) groups excluding carboxylic acids is 4. The summed E-state index contributed by atoms with van der Waals surface area (Å²) in [6.45, 7) is 6.06. The topological polar surface area (TPSA) is 107 Å². The van der Waals surface area contributed by atoms with Crippen LogP contribution < -0.4 is 10.4 Å². The molecule has 3 aromatic rings. The van der Waals surface area contributed by atoms with Crippen molar-refractivity contribution in [2.75, 3.05) is 11.6 Å². The number of amides is 2. The van der Waals surface area contributed by atoms with Gasteiger partial charge in [0, 0.05) is 18.8 Å². The quantitative estimate of drug-likeness (QED) is 0.264. The van der Waals surface area contributed by atoms with Crippen LogP contribution in [-0.2, 0) is 30.5 Å². The summed E-state index contributed by atoms with van der Waals surface area (Å²) in [6.07, 6.45) is 3.94. The highest BCUT2D eigenvalue weighted by molar-refractivity contribution is 5.98. The van der Waals surface area contributed by atoms with Crippen molar-refractivity contribution in [1.82, 2.24) is 9.99 Å². The number of hydrazine groups is 1. The van der Waals surface area contributed by atoms with Gasteiger partial charge in [0.2, 0.25) is 5.91 Å². The van der Waals surface area contributed by atoms with Gasteiger partial charge in [-0.2, -0.15) is 0 Å². The van der Waals surface area contributed by atoms with Crippen molar-refractivity contribution < 1.29 is 28.7 Å². The summed E-state index contributed by atoms with van der Waals surface area (Å²) in [5.74, 6) is -1.63. The lowest BCUT2D eigenvalue weighted by molar-refractivity contribution is -0.147. The van der Waals surface area contributed by atoms with Gasteiger partial charge in [-0.05, 0) is 61.2 Å². The zero-order valence-electron chi connectivity index (χ0n) is 22.5. The third-order valence-corrected chi connectivity index (χ3v) is 5.94. The molecule has 2 aromatic carbocycles. The number of aromatic nitrogens is 1.